The Morgan fingerprint density at radius 2 is 1.48 bits per heavy atom. The number of guanidine groups is 1. The first-order valence-electron chi connectivity index (χ1n) is 9.77. The first-order chi connectivity index (χ1) is 13.7. The molecule has 0 radical (unpaired) electrons. The molecule has 0 aromatic heterocycles. The summed E-state index contributed by atoms with van der Waals surface area (Å²) in [6.07, 6.45) is 0. The van der Waals surface area contributed by atoms with Gasteiger partial charge in [0.25, 0.3) is 0 Å². The number of carbonyl (C=O) groups is 1. The van der Waals surface area contributed by atoms with Gasteiger partial charge >= 0.3 is 0 Å². The quantitative estimate of drug-likeness (QED) is 0.358. The van der Waals surface area contributed by atoms with Crippen LogP contribution in [0.2, 0.25) is 0 Å². The zero-order chi connectivity index (χ0) is 19.6. The van der Waals surface area contributed by atoms with Crippen molar-refractivity contribution in [2.75, 3.05) is 39.8 Å². The summed E-state index contributed by atoms with van der Waals surface area (Å²) >= 11 is 0. The van der Waals surface area contributed by atoms with Crippen LogP contribution in [0.1, 0.15) is 11.1 Å². The summed E-state index contributed by atoms with van der Waals surface area (Å²) in [5.74, 6) is 0.752. The van der Waals surface area contributed by atoms with Gasteiger partial charge in [-0.05, 0) is 11.1 Å². The Morgan fingerprint density at radius 3 is 2.07 bits per heavy atom. The van der Waals surface area contributed by atoms with Crippen molar-refractivity contribution >= 4 is 35.8 Å². The van der Waals surface area contributed by atoms with Crippen molar-refractivity contribution in [3.63, 3.8) is 0 Å². The lowest BCUT2D eigenvalue weighted by Gasteiger charge is -2.36. The summed E-state index contributed by atoms with van der Waals surface area (Å²) in [7, 11) is 1.76. The average molecular weight is 507 g/mol. The van der Waals surface area contributed by atoms with Gasteiger partial charge in [0.15, 0.2) is 5.96 Å². The Kier molecular flexibility index (Phi) is 9.93. The van der Waals surface area contributed by atoms with Gasteiger partial charge in [0, 0.05) is 46.3 Å². The van der Waals surface area contributed by atoms with Crippen LogP contribution in [-0.4, -0.2) is 61.4 Å². The van der Waals surface area contributed by atoms with E-state index in [9.17, 15) is 4.79 Å². The summed E-state index contributed by atoms with van der Waals surface area (Å²) in [5.41, 5.74) is 2.43. The monoisotopic (exact) mass is 507 g/mol. The molecule has 0 saturated carbocycles. The number of benzene rings is 2. The van der Waals surface area contributed by atoms with E-state index in [2.05, 4.69) is 49.7 Å². The van der Waals surface area contributed by atoms with E-state index in [1.807, 2.05) is 36.4 Å². The molecule has 3 rings (SSSR count). The topological polar surface area (TPSA) is 60.0 Å². The van der Waals surface area contributed by atoms with Gasteiger partial charge < -0.3 is 15.5 Å². The van der Waals surface area contributed by atoms with Crippen LogP contribution in [0.25, 0.3) is 0 Å². The van der Waals surface area contributed by atoms with Crippen molar-refractivity contribution in [3.05, 3.63) is 71.8 Å². The molecule has 0 unspecified atom stereocenters. The predicted molar refractivity (Wildman–Crippen MR) is 128 cm³/mol. The van der Waals surface area contributed by atoms with Gasteiger partial charge in [0.2, 0.25) is 5.91 Å². The van der Waals surface area contributed by atoms with E-state index in [4.69, 9.17) is 0 Å². The van der Waals surface area contributed by atoms with Crippen LogP contribution in [0.15, 0.2) is 65.7 Å². The fourth-order valence-electron chi connectivity index (χ4n) is 3.31. The summed E-state index contributed by atoms with van der Waals surface area (Å²) < 4.78 is 0. The van der Waals surface area contributed by atoms with Crippen LogP contribution in [-0.2, 0) is 17.9 Å². The maximum atomic E-state index is 12.1. The van der Waals surface area contributed by atoms with Crippen LogP contribution >= 0.6 is 24.0 Å². The third-order valence-electron chi connectivity index (χ3n) is 4.87. The molecule has 1 saturated heterocycles. The van der Waals surface area contributed by atoms with E-state index in [0.29, 0.717) is 6.54 Å². The van der Waals surface area contributed by atoms with E-state index < -0.39 is 0 Å². The number of nitrogens with one attached hydrogen (secondary N) is 2. The van der Waals surface area contributed by atoms with Crippen LogP contribution in [0, 0.1) is 0 Å². The number of hydrogen-bond acceptors (Lipinski definition) is 3. The van der Waals surface area contributed by atoms with E-state index >= 15 is 0 Å². The number of nitrogens with zero attached hydrogens (tertiary/aromatic N) is 3. The summed E-state index contributed by atoms with van der Waals surface area (Å²) in [4.78, 5) is 21.1. The Balaban J connectivity index is 0.00000300. The van der Waals surface area contributed by atoms with Crippen molar-refractivity contribution in [1.82, 2.24) is 20.4 Å². The molecule has 1 fully saturated rings. The summed E-state index contributed by atoms with van der Waals surface area (Å²) in [6, 6.07) is 20.5. The number of rotatable bonds is 6. The maximum absolute atomic E-state index is 12.1. The van der Waals surface area contributed by atoms with E-state index in [1.165, 1.54) is 5.56 Å². The zero-order valence-electron chi connectivity index (χ0n) is 16.9. The molecule has 29 heavy (non-hydrogen) atoms. The zero-order valence-corrected chi connectivity index (χ0v) is 19.2. The second-order valence-corrected chi connectivity index (χ2v) is 6.91. The van der Waals surface area contributed by atoms with Crippen LogP contribution in [0.3, 0.4) is 0 Å². The first-order valence-corrected chi connectivity index (χ1v) is 9.77. The molecular formula is C22H30IN5O. The number of hydrogen-bond donors (Lipinski definition) is 2. The smallest absolute Gasteiger partial charge is 0.239 e. The largest absolute Gasteiger partial charge is 0.350 e. The van der Waals surface area contributed by atoms with Gasteiger partial charge in [-0.3, -0.25) is 14.7 Å². The Morgan fingerprint density at radius 1 is 0.897 bits per heavy atom. The molecule has 0 atom stereocenters. The molecule has 2 N–H and O–H groups in total. The SMILES string of the molecule is CN=C(NCC(=O)NCc1ccccc1)N1CCN(Cc2ccccc2)CC1.I. The van der Waals surface area contributed by atoms with Crippen LogP contribution in [0.5, 0.6) is 0 Å². The van der Waals surface area contributed by atoms with Gasteiger partial charge in [0.1, 0.15) is 0 Å². The minimum Gasteiger partial charge on any atom is -0.350 e. The van der Waals surface area contributed by atoms with Gasteiger partial charge in [0.05, 0.1) is 6.54 Å². The maximum Gasteiger partial charge on any atom is 0.239 e. The highest BCUT2D eigenvalue weighted by Gasteiger charge is 2.19. The lowest BCUT2D eigenvalue weighted by atomic mass is 10.2. The summed E-state index contributed by atoms with van der Waals surface area (Å²) in [5, 5.41) is 6.12. The normalized spacial score (nSPS) is 14.8. The molecule has 1 heterocycles. The third kappa shape index (κ3) is 7.66. The summed E-state index contributed by atoms with van der Waals surface area (Å²) in [6.45, 7) is 5.51. The average Bonchev–Trinajstić information content (AvgIpc) is 2.75. The number of carbonyl (C=O) groups excluding carboxylic acids is 1. The highest BCUT2D eigenvalue weighted by molar-refractivity contribution is 14.0. The predicted octanol–water partition coefficient (Wildman–Crippen LogP) is 2.31. The molecule has 2 aromatic rings. The lowest BCUT2D eigenvalue weighted by molar-refractivity contribution is -0.120. The van der Waals surface area contributed by atoms with Gasteiger partial charge in [-0.15, -0.1) is 24.0 Å². The molecule has 156 valence electrons. The molecule has 7 heteroatoms. The molecule has 2 aromatic carbocycles. The van der Waals surface area contributed by atoms with Crippen molar-refractivity contribution in [1.29, 1.82) is 0 Å². The number of amides is 1. The molecule has 6 nitrogen and oxygen atoms in total. The van der Waals surface area contributed by atoms with E-state index in [0.717, 1.165) is 44.2 Å². The Hall–Kier alpha value is -2.13. The molecule has 0 bridgehead atoms. The molecular weight excluding hydrogens is 477 g/mol. The lowest BCUT2D eigenvalue weighted by Crippen LogP contribution is -2.53. The standard InChI is InChI=1S/C22H29N5O.HI/c1-23-22(25-17-21(28)24-16-19-8-4-2-5-9-19)27-14-12-26(13-15-27)18-20-10-6-3-7-11-20;/h2-11H,12-18H2,1H3,(H,23,25)(H,24,28);1H. The fraction of sp³-hybridized carbons (Fsp3) is 0.364. The fourth-order valence-corrected chi connectivity index (χ4v) is 3.31. The van der Waals surface area contributed by atoms with Crippen molar-refractivity contribution in [2.24, 2.45) is 4.99 Å². The molecule has 0 aliphatic carbocycles. The Labute approximate surface area is 190 Å². The molecule has 0 spiro atoms. The molecule has 1 aliphatic heterocycles. The first kappa shape index (κ1) is 23.2. The van der Waals surface area contributed by atoms with Crippen molar-refractivity contribution in [2.45, 2.75) is 13.1 Å². The van der Waals surface area contributed by atoms with Crippen LogP contribution < -0.4 is 10.6 Å². The molecule has 1 aliphatic rings. The van der Waals surface area contributed by atoms with Gasteiger partial charge in [-0.2, -0.15) is 0 Å². The van der Waals surface area contributed by atoms with Gasteiger partial charge in [-0.25, -0.2) is 0 Å². The minimum atomic E-state index is -0.0345. The third-order valence-corrected chi connectivity index (χ3v) is 4.87. The van der Waals surface area contributed by atoms with E-state index in [1.54, 1.807) is 7.05 Å². The van der Waals surface area contributed by atoms with Gasteiger partial charge in [-0.1, -0.05) is 60.7 Å². The van der Waals surface area contributed by atoms with Crippen molar-refractivity contribution in [3.8, 4) is 0 Å². The van der Waals surface area contributed by atoms with E-state index in [-0.39, 0.29) is 36.4 Å². The number of halogens is 1. The number of aliphatic imine (C=N–C) groups is 1. The highest BCUT2D eigenvalue weighted by atomic mass is 127. The van der Waals surface area contributed by atoms with Crippen molar-refractivity contribution < 1.29 is 4.79 Å². The number of piperazine rings is 1. The minimum absolute atomic E-state index is 0. The molecule has 1 amide bonds. The Bertz CT molecular complexity index is 761. The second kappa shape index (κ2) is 12.4. The van der Waals surface area contributed by atoms with Crippen LogP contribution in [0.4, 0.5) is 0 Å². The highest BCUT2D eigenvalue weighted by Crippen LogP contribution is 2.08. The second-order valence-electron chi connectivity index (χ2n) is 6.91.